The van der Waals surface area contributed by atoms with Gasteiger partial charge in [0.2, 0.25) is 5.88 Å². The average Bonchev–Trinajstić information content (AvgIpc) is 3.20. The van der Waals surface area contributed by atoms with Gasteiger partial charge >= 0.3 is 11.9 Å². The van der Waals surface area contributed by atoms with E-state index in [1.165, 1.54) is 80.6 Å². The van der Waals surface area contributed by atoms with Crippen LogP contribution >= 0.6 is 11.8 Å². The minimum absolute atomic E-state index is 0.126. The zero-order valence-corrected chi connectivity index (χ0v) is 23.7. The third kappa shape index (κ3) is 12.1. The molecule has 2 rings (SSSR count). The minimum Gasteiger partial charge on any atom is -0.465 e. The summed E-state index contributed by atoms with van der Waals surface area (Å²) < 4.78 is 12.1. The summed E-state index contributed by atoms with van der Waals surface area (Å²) in [5.74, 6) is -0.182. The van der Waals surface area contributed by atoms with Gasteiger partial charge in [-0.05, 0) is 39.0 Å². The molecule has 0 saturated heterocycles. The molecular formula is C28H44N4O4S. The fourth-order valence-electron chi connectivity index (χ4n) is 4.01. The van der Waals surface area contributed by atoms with E-state index in [9.17, 15) is 9.59 Å². The van der Waals surface area contributed by atoms with Gasteiger partial charge in [0.15, 0.2) is 5.52 Å². The van der Waals surface area contributed by atoms with Gasteiger partial charge in [-0.25, -0.2) is 14.6 Å². The Morgan fingerprint density at radius 2 is 1.51 bits per heavy atom. The molecule has 0 spiro atoms. The van der Waals surface area contributed by atoms with E-state index >= 15 is 0 Å². The molecule has 0 fully saturated rings. The summed E-state index contributed by atoms with van der Waals surface area (Å²) in [4.78, 5) is 32.6. The second-order valence-corrected chi connectivity index (χ2v) is 10.2. The number of nitrogens with zero attached hydrogens (tertiary/aromatic N) is 4. The maximum Gasteiger partial charge on any atom is 0.316 e. The van der Waals surface area contributed by atoms with E-state index in [2.05, 4.69) is 34.1 Å². The number of carbonyl (C=O) groups is 2. The van der Waals surface area contributed by atoms with Crippen molar-refractivity contribution < 1.29 is 19.1 Å². The van der Waals surface area contributed by atoms with Gasteiger partial charge in [-0.1, -0.05) is 82.2 Å². The van der Waals surface area contributed by atoms with Gasteiger partial charge in [0, 0.05) is 13.5 Å². The number of allylic oxidation sites excluding steroid dienone is 2. The molecule has 0 amide bonds. The Morgan fingerprint density at radius 3 is 2.19 bits per heavy atom. The molecular weight excluding hydrogens is 488 g/mol. The van der Waals surface area contributed by atoms with Gasteiger partial charge in [-0.15, -0.1) is 0 Å². The fourth-order valence-corrected chi connectivity index (χ4v) is 4.74. The first-order chi connectivity index (χ1) is 18.1. The lowest BCUT2D eigenvalue weighted by atomic mass is 10.1. The Hall–Kier alpha value is -2.42. The number of hydrogen-bond acceptors (Lipinski definition) is 8. The number of fused-ring (bicyclic) bond motifs is 1. The summed E-state index contributed by atoms with van der Waals surface area (Å²) in [6, 6.07) is 0. The maximum atomic E-state index is 12.4. The number of rotatable bonds is 20. The Bertz CT molecular complexity index is 976. The number of hydrogen-bond donors (Lipinski definition) is 0. The highest BCUT2D eigenvalue weighted by molar-refractivity contribution is 8.00. The van der Waals surface area contributed by atoms with Crippen molar-refractivity contribution in [3.8, 4) is 5.88 Å². The van der Waals surface area contributed by atoms with Crippen LogP contribution in [0.3, 0.4) is 0 Å². The molecule has 206 valence electrons. The molecule has 0 atom stereocenters. The van der Waals surface area contributed by atoms with Crippen LogP contribution < -0.4 is 4.74 Å². The van der Waals surface area contributed by atoms with Crippen LogP contribution in [-0.4, -0.2) is 44.0 Å². The first kappa shape index (κ1) is 30.8. The van der Waals surface area contributed by atoms with E-state index in [4.69, 9.17) is 9.47 Å². The number of unbranched alkanes of at least 4 members (excludes halogenated alkanes) is 11. The third-order valence-corrected chi connectivity index (χ3v) is 6.97. The largest absolute Gasteiger partial charge is 0.465 e. The summed E-state index contributed by atoms with van der Waals surface area (Å²) in [6.45, 7) is 4.35. The van der Waals surface area contributed by atoms with Gasteiger partial charge < -0.3 is 9.47 Å². The third-order valence-electron chi connectivity index (χ3n) is 6.02. The van der Waals surface area contributed by atoms with Gasteiger partial charge in [-0.3, -0.25) is 9.59 Å². The molecule has 0 unspecified atom stereocenters. The van der Waals surface area contributed by atoms with E-state index < -0.39 is 0 Å². The van der Waals surface area contributed by atoms with Crippen LogP contribution in [-0.2, 0) is 21.4 Å². The summed E-state index contributed by atoms with van der Waals surface area (Å²) in [7, 11) is 1.70. The fraction of sp³-hybridized carbons (Fsp3) is 0.679. The molecule has 8 nitrogen and oxygen atoms in total. The maximum absolute atomic E-state index is 12.4. The van der Waals surface area contributed by atoms with Crippen molar-refractivity contribution >= 4 is 34.7 Å². The molecule has 9 heteroatoms. The van der Waals surface area contributed by atoms with Crippen molar-refractivity contribution in [2.24, 2.45) is 7.05 Å². The van der Waals surface area contributed by atoms with Crippen LogP contribution in [0.2, 0.25) is 0 Å². The van der Waals surface area contributed by atoms with Gasteiger partial charge in [0.05, 0.1) is 12.4 Å². The Balaban J connectivity index is 1.62. The molecule has 37 heavy (non-hydrogen) atoms. The van der Waals surface area contributed by atoms with E-state index in [0.29, 0.717) is 35.0 Å². The van der Waals surface area contributed by atoms with Crippen LogP contribution in [0.25, 0.3) is 11.0 Å². The molecule has 0 aliphatic carbocycles. The molecule has 0 N–H and O–H groups in total. The molecule has 0 bridgehead atoms. The molecule has 2 aromatic heterocycles. The van der Waals surface area contributed by atoms with Crippen molar-refractivity contribution in [3.05, 3.63) is 18.5 Å². The van der Waals surface area contributed by atoms with Gasteiger partial charge in [0.1, 0.15) is 16.9 Å². The minimum atomic E-state index is -0.318. The summed E-state index contributed by atoms with van der Waals surface area (Å²) in [6.07, 6.45) is 22.2. The molecule has 0 aromatic carbocycles. The highest BCUT2D eigenvalue weighted by Crippen LogP contribution is 2.29. The average molecular weight is 533 g/mol. The SMILES string of the molecule is CCCCCCCC/C=C/CCCCCCCC(=O)Oc1c2ncnc(SCC(=O)OCC)c2nn1C. The highest BCUT2D eigenvalue weighted by atomic mass is 32.2. The quantitative estimate of drug-likeness (QED) is 0.0593. The van der Waals surface area contributed by atoms with Gasteiger partial charge in [0.25, 0.3) is 0 Å². The number of carbonyl (C=O) groups excluding carboxylic acids is 2. The number of aryl methyl sites for hydroxylation is 1. The summed E-state index contributed by atoms with van der Waals surface area (Å²) in [5, 5.41) is 4.95. The first-order valence-corrected chi connectivity index (χ1v) is 14.9. The van der Waals surface area contributed by atoms with Crippen molar-refractivity contribution in [2.75, 3.05) is 12.4 Å². The predicted molar refractivity (Wildman–Crippen MR) is 149 cm³/mol. The summed E-state index contributed by atoms with van der Waals surface area (Å²) in [5.41, 5.74) is 0.963. The van der Waals surface area contributed by atoms with Crippen LogP contribution in [0.1, 0.15) is 104 Å². The van der Waals surface area contributed by atoms with Crippen molar-refractivity contribution in [1.29, 1.82) is 0 Å². The van der Waals surface area contributed by atoms with Crippen molar-refractivity contribution in [3.63, 3.8) is 0 Å². The lowest BCUT2D eigenvalue weighted by Crippen LogP contribution is -2.10. The molecule has 0 radical (unpaired) electrons. The standard InChI is InChI=1S/C28H44N4O4S/c1-4-6-7-8-9-10-11-12-13-14-15-16-17-18-19-20-23(33)36-28-26-25(31-32(28)3)27(30-22-29-26)37-21-24(34)35-5-2/h12-13,22H,4-11,14-21H2,1-3H3/b13-12+. The molecule has 2 aromatic rings. The zero-order valence-electron chi connectivity index (χ0n) is 22.9. The van der Waals surface area contributed by atoms with Crippen LogP contribution in [0.4, 0.5) is 0 Å². The number of thioether (sulfide) groups is 1. The molecule has 2 heterocycles. The summed E-state index contributed by atoms with van der Waals surface area (Å²) >= 11 is 1.23. The van der Waals surface area contributed by atoms with Crippen LogP contribution in [0, 0.1) is 0 Å². The molecule has 0 aliphatic rings. The normalized spacial score (nSPS) is 11.4. The predicted octanol–water partition coefficient (Wildman–Crippen LogP) is 6.96. The second-order valence-electron chi connectivity index (χ2n) is 9.21. The van der Waals surface area contributed by atoms with E-state index in [1.54, 1.807) is 14.0 Å². The van der Waals surface area contributed by atoms with Crippen LogP contribution in [0.15, 0.2) is 23.5 Å². The van der Waals surface area contributed by atoms with Crippen LogP contribution in [0.5, 0.6) is 5.88 Å². The second kappa shape index (κ2) is 18.8. The zero-order chi connectivity index (χ0) is 26.7. The van der Waals surface area contributed by atoms with E-state index in [0.717, 1.165) is 25.7 Å². The lowest BCUT2D eigenvalue weighted by molar-refractivity contribution is -0.140. The first-order valence-electron chi connectivity index (χ1n) is 13.9. The monoisotopic (exact) mass is 532 g/mol. The Morgan fingerprint density at radius 1 is 0.865 bits per heavy atom. The highest BCUT2D eigenvalue weighted by Gasteiger charge is 2.19. The van der Waals surface area contributed by atoms with Crippen molar-refractivity contribution in [2.45, 2.75) is 109 Å². The lowest BCUT2D eigenvalue weighted by Gasteiger charge is -2.05. The van der Waals surface area contributed by atoms with Crippen molar-refractivity contribution in [1.82, 2.24) is 19.7 Å². The number of ether oxygens (including phenoxy) is 2. The molecule has 0 aliphatic heterocycles. The van der Waals surface area contributed by atoms with Gasteiger partial charge in [-0.2, -0.15) is 5.10 Å². The Kier molecular flexibility index (Phi) is 15.6. The van der Waals surface area contributed by atoms with E-state index in [-0.39, 0.29) is 17.7 Å². The number of aromatic nitrogens is 4. The number of esters is 2. The molecule has 0 saturated carbocycles. The smallest absolute Gasteiger partial charge is 0.316 e. The van der Waals surface area contributed by atoms with E-state index in [1.807, 2.05) is 0 Å². The topological polar surface area (TPSA) is 96.2 Å². The Labute approximate surface area is 226 Å².